The van der Waals surface area contributed by atoms with Crippen LogP contribution in [0.5, 0.6) is 0 Å². The topological polar surface area (TPSA) is 53.2 Å². The fraction of sp³-hybridized carbons (Fsp3) is 0.0833. The highest BCUT2D eigenvalue weighted by Gasteiger charge is 2.21. The molecule has 0 saturated carbocycles. The van der Waals surface area contributed by atoms with Crippen molar-refractivity contribution in [3.8, 4) is 0 Å². The first-order chi connectivity index (χ1) is 13.6. The van der Waals surface area contributed by atoms with E-state index in [2.05, 4.69) is 4.98 Å². The standard InChI is InChI=1S/C24H20N2O2/c1-17-9-5-8-14-22(17)26(24(28)18-10-3-2-4-11-18)16-20-15-19-12-6-7-13-21(19)25-23(20)27/h2-15H,16H2,1H3,(H,25,27). The van der Waals surface area contributed by atoms with Crippen LogP contribution >= 0.6 is 0 Å². The molecule has 4 aromatic rings. The zero-order valence-corrected chi connectivity index (χ0v) is 15.6. The van der Waals surface area contributed by atoms with Gasteiger partial charge in [0.2, 0.25) is 0 Å². The van der Waals surface area contributed by atoms with Crippen molar-refractivity contribution in [2.45, 2.75) is 13.5 Å². The fourth-order valence-corrected chi connectivity index (χ4v) is 3.35. The number of benzene rings is 3. The first kappa shape index (κ1) is 17.7. The van der Waals surface area contributed by atoms with E-state index in [1.807, 2.05) is 79.7 Å². The second-order valence-corrected chi connectivity index (χ2v) is 6.75. The number of anilines is 1. The number of hydrogen-bond donors (Lipinski definition) is 1. The van der Waals surface area contributed by atoms with Gasteiger partial charge in [0, 0.05) is 22.3 Å². The Labute approximate surface area is 163 Å². The van der Waals surface area contributed by atoms with Gasteiger partial charge in [-0.05, 0) is 48.2 Å². The van der Waals surface area contributed by atoms with Crippen molar-refractivity contribution in [2.75, 3.05) is 4.90 Å². The van der Waals surface area contributed by atoms with E-state index in [1.165, 1.54) is 0 Å². The molecular weight excluding hydrogens is 348 g/mol. The van der Waals surface area contributed by atoms with Crippen molar-refractivity contribution in [3.63, 3.8) is 0 Å². The molecule has 28 heavy (non-hydrogen) atoms. The van der Waals surface area contributed by atoms with Gasteiger partial charge >= 0.3 is 0 Å². The summed E-state index contributed by atoms with van der Waals surface area (Å²) in [4.78, 5) is 30.5. The van der Waals surface area contributed by atoms with Gasteiger partial charge in [-0.25, -0.2) is 0 Å². The molecule has 0 spiro atoms. The number of carbonyl (C=O) groups excluding carboxylic acids is 1. The van der Waals surface area contributed by atoms with E-state index in [4.69, 9.17) is 0 Å². The number of nitrogens with one attached hydrogen (secondary N) is 1. The van der Waals surface area contributed by atoms with E-state index in [0.29, 0.717) is 11.1 Å². The molecule has 0 radical (unpaired) electrons. The van der Waals surface area contributed by atoms with E-state index in [-0.39, 0.29) is 18.0 Å². The average molecular weight is 368 g/mol. The number of nitrogens with zero attached hydrogens (tertiary/aromatic N) is 1. The number of rotatable bonds is 4. The molecule has 0 bridgehead atoms. The lowest BCUT2D eigenvalue weighted by atomic mass is 10.1. The first-order valence-electron chi connectivity index (χ1n) is 9.17. The minimum Gasteiger partial charge on any atom is -0.322 e. The summed E-state index contributed by atoms with van der Waals surface area (Å²) in [5, 5.41) is 0.939. The van der Waals surface area contributed by atoms with Crippen LogP contribution in [0.15, 0.2) is 89.7 Å². The Morgan fingerprint density at radius 1 is 0.893 bits per heavy atom. The van der Waals surface area contributed by atoms with Crippen LogP contribution in [0.4, 0.5) is 5.69 Å². The molecule has 4 rings (SSSR count). The third-order valence-corrected chi connectivity index (χ3v) is 4.83. The van der Waals surface area contributed by atoms with Gasteiger partial charge in [-0.3, -0.25) is 9.59 Å². The number of aromatic amines is 1. The minimum atomic E-state index is -0.182. The summed E-state index contributed by atoms with van der Waals surface area (Å²) in [6.07, 6.45) is 0. The maximum Gasteiger partial charge on any atom is 0.258 e. The van der Waals surface area contributed by atoms with Crippen LogP contribution in [0.2, 0.25) is 0 Å². The average Bonchev–Trinajstić information content (AvgIpc) is 2.73. The summed E-state index contributed by atoms with van der Waals surface area (Å²) in [5.74, 6) is -0.137. The Balaban J connectivity index is 1.80. The lowest BCUT2D eigenvalue weighted by Crippen LogP contribution is -2.33. The molecular formula is C24H20N2O2. The number of aromatic nitrogens is 1. The Hall–Kier alpha value is -3.66. The third-order valence-electron chi connectivity index (χ3n) is 4.83. The molecule has 0 atom stereocenters. The predicted octanol–water partition coefficient (Wildman–Crippen LogP) is 4.68. The number of pyridine rings is 1. The van der Waals surface area contributed by atoms with Crippen molar-refractivity contribution in [1.29, 1.82) is 0 Å². The van der Waals surface area contributed by atoms with Crippen molar-refractivity contribution in [2.24, 2.45) is 0 Å². The zero-order chi connectivity index (χ0) is 19.5. The van der Waals surface area contributed by atoms with Crippen LogP contribution in [0.25, 0.3) is 10.9 Å². The van der Waals surface area contributed by atoms with E-state index in [1.54, 1.807) is 17.0 Å². The Morgan fingerprint density at radius 2 is 1.57 bits per heavy atom. The highest BCUT2D eigenvalue weighted by molar-refractivity contribution is 6.06. The van der Waals surface area contributed by atoms with Crippen molar-refractivity contribution < 1.29 is 4.79 Å². The summed E-state index contributed by atoms with van der Waals surface area (Å²) in [7, 11) is 0. The summed E-state index contributed by atoms with van der Waals surface area (Å²) in [5.41, 5.74) is 3.51. The SMILES string of the molecule is Cc1ccccc1N(Cc1cc2ccccc2[nH]c1=O)C(=O)c1ccccc1. The number of amides is 1. The number of fused-ring (bicyclic) bond motifs is 1. The molecule has 1 aromatic heterocycles. The minimum absolute atomic E-state index is 0.137. The monoisotopic (exact) mass is 368 g/mol. The maximum atomic E-state index is 13.3. The number of hydrogen-bond acceptors (Lipinski definition) is 2. The Bertz CT molecular complexity index is 1200. The predicted molar refractivity (Wildman–Crippen MR) is 113 cm³/mol. The van der Waals surface area contributed by atoms with E-state index >= 15 is 0 Å². The quantitative estimate of drug-likeness (QED) is 0.568. The third kappa shape index (κ3) is 3.45. The molecule has 1 amide bonds. The van der Waals surface area contributed by atoms with Crippen LogP contribution in [0, 0.1) is 6.92 Å². The highest BCUT2D eigenvalue weighted by Crippen LogP contribution is 2.24. The molecule has 0 aliphatic carbocycles. The van der Waals surface area contributed by atoms with Gasteiger partial charge in [-0.2, -0.15) is 0 Å². The van der Waals surface area contributed by atoms with Crippen molar-refractivity contribution >= 4 is 22.5 Å². The van der Waals surface area contributed by atoms with Gasteiger partial charge in [0.05, 0.1) is 6.54 Å². The summed E-state index contributed by atoms with van der Waals surface area (Å²) >= 11 is 0. The molecule has 0 unspecified atom stereocenters. The van der Waals surface area contributed by atoms with Crippen LogP contribution < -0.4 is 10.5 Å². The summed E-state index contributed by atoms with van der Waals surface area (Å²) < 4.78 is 0. The molecule has 0 saturated heterocycles. The highest BCUT2D eigenvalue weighted by atomic mass is 16.2. The number of carbonyl (C=O) groups is 1. The van der Waals surface area contributed by atoms with Gasteiger partial charge in [-0.1, -0.05) is 54.6 Å². The summed E-state index contributed by atoms with van der Waals surface area (Å²) in [6.45, 7) is 2.16. The van der Waals surface area contributed by atoms with Gasteiger partial charge in [-0.15, -0.1) is 0 Å². The molecule has 1 heterocycles. The van der Waals surface area contributed by atoms with Crippen LogP contribution in [-0.4, -0.2) is 10.9 Å². The lowest BCUT2D eigenvalue weighted by molar-refractivity contribution is 0.0985. The smallest absolute Gasteiger partial charge is 0.258 e. The number of para-hydroxylation sites is 2. The molecule has 3 aromatic carbocycles. The molecule has 4 heteroatoms. The van der Waals surface area contributed by atoms with Crippen molar-refractivity contribution in [3.05, 3.63) is 112 Å². The van der Waals surface area contributed by atoms with E-state index in [9.17, 15) is 9.59 Å². The van der Waals surface area contributed by atoms with Crippen LogP contribution in [-0.2, 0) is 6.54 Å². The zero-order valence-electron chi connectivity index (χ0n) is 15.6. The largest absolute Gasteiger partial charge is 0.322 e. The normalized spacial score (nSPS) is 10.8. The number of aryl methyl sites for hydroxylation is 1. The number of H-pyrrole nitrogens is 1. The lowest BCUT2D eigenvalue weighted by Gasteiger charge is -2.24. The maximum absolute atomic E-state index is 13.3. The van der Waals surface area contributed by atoms with E-state index in [0.717, 1.165) is 22.2 Å². The molecule has 0 fully saturated rings. The van der Waals surface area contributed by atoms with Gasteiger partial charge < -0.3 is 9.88 Å². The van der Waals surface area contributed by atoms with E-state index < -0.39 is 0 Å². The molecule has 0 aliphatic rings. The van der Waals surface area contributed by atoms with Gasteiger partial charge in [0.15, 0.2) is 0 Å². The van der Waals surface area contributed by atoms with Crippen LogP contribution in [0.3, 0.4) is 0 Å². The van der Waals surface area contributed by atoms with Gasteiger partial charge in [0.25, 0.3) is 11.5 Å². The molecule has 138 valence electrons. The second kappa shape index (κ2) is 7.53. The first-order valence-corrected chi connectivity index (χ1v) is 9.17. The fourth-order valence-electron chi connectivity index (χ4n) is 3.35. The Morgan fingerprint density at radius 3 is 2.36 bits per heavy atom. The molecule has 4 nitrogen and oxygen atoms in total. The van der Waals surface area contributed by atoms with Crippen LogP contribution in [0.1, 0.15) is 21.5 Å². The van der Waals surface area contributed by atoms with Crippen molar-refractivity contribution in [1.82, 2.24) is 4.98 Å². The van der Waals surface area contributed by atoms with Gasteiger partial charge in [0.1, 0.15) is 0 Å². The second-order valence-electron chi connectivity index (χ2n) is 6.75. The molecule has 0 aliphatic heterocycles. The molecule has 1 N–H and O–H groups in total. The Kier molecular flexibility index (Phi) is 4.77. The summed E-state index contributed by atoms with van der Waals surface area (Å²) in [6, 6.07) is 26.3.